The molecule has 14 atom stereocenters. The van der Waals surface area contributed by atoms with E-state index >= 15 is 0 Å². The van der Waals surface area contributed by atoms with Gasteiger partial charge < -0.3 is 85.2 Å². The molecular formula is C74H117N16O19PS. The predicted octanol–water partition coefficient (Wildman–Crippen LogP) is 3.88. The quantitative estimate of drug-likeness (QED) is 0.0135. The maximum atomic E-state index is 14.9. The Hall–Kier alpha value is -8.61. The molecule has 2 aromatic heterocycles. The first-order valence-corrected chi connectivity index (χ1v) is 40.6. The molecule has 1 fully saturated rings. The molecule has 37 heteroatoms. The number of amides is 10. The van der Waals surface area contributed by atoms with Crippen molar-refractivity contribution in [2.45, 2.75) is 193 Å². The summed E-state index contributed by atoms with van der Waals surface area (Å²) < 4.78 is 66.4. The molecule has 111 heavy (non-hydrogen) atoms. The number of carbonyl (C=O) groups is 9. The Balaban J connectivity index is 1.24. The summed E-state index contributed by atoms with van der Waals surface area (Å²) in [6, 6.07) is 6.36. The first-order chi connectivity index (χ1) is 52.0. The zero-order valence-electron chi connectivity index (χ0n) is 67.1. The maximum Gasteiger partial charge on any atom is 0.410 e. The van der Waals surface area contributed by atoms with E-state index in [1.807, 2.05) is 53.2 Å². The number of ether oxygens (including phenoxy) is 3. The fourth-order valence-electron chi connectivity index (χ4n) is 13.0. The van der Waals surface area contributed by atoms with Gasteiger partial charge in [0.05, 0.1) is 82.7 Å². The van der Waals surface area contributed by atoms with E-state index in [4.69, 9.17) is 29.0 Å². The van der Waals surface area contributed by atoms with Gasteiger partial charge in [-0.3, -0.25) is 43.0 Å². The Morgan fingerprint density at radius 2 is 1.40 bits per heavy atom. The first-order valence-electron chi connectivity index (χ1n) is 37.3. The molecule has 3 heterocycles. The first kappa shape index (κ1) is 93.0. The number of hydrogen-bond donors (Lipinski definition) is 8. The molecule has 0 radical (unpaired) electrons. The van der Waals surface area contributed by atoms with E-state index in [9.17, 15) is 66.1 Å². The summed E-state index contributed by atoms with van der Waals surface area (Å²) in [5.74, 6) is -6.54. The van der Waals surface area contributed by atoms with Crippen molar-refractivity contribution < 1.29 is 93.9 Å². The van der Waals surface area contributed by atoms with E-state index in [1.165, 1.54) is 56.9 Å². The monoisotopic (exact) mass is 1600 g/mol. The van der Waals surface area contributed by atoms with E-state index < -0.39 is 161 Å². The molecule has 0 bridgehead atoms. The second-order valence-electron chi connectivity index (χ2n) is 30.3. The van der Waals surface area contributed by atoms with Gasteiger partial charge in [-0.25, -0.2) is 32.7 Å². The van der Waals surface area contributed by atoms with Gasteiger partial charge in [0.15, 0.2) is 0 Å². The topological polar surface area (TPSA) is 459 Å². The van der Waals surface area contributed by atoms with Crippen LogP contribution in [-0.2, 0) is 77.8 Å². The van der Waals surface area contributed by atoms with Crippen molar-refractivity contribution in [1.82, 2.24) is 66.2 Å². The summed E-state index contributed by atoms with van der Waals surface area (Å²) in [5.41, 5.74) is 6.98. The molecule has 35 nitrogen and oxygen atoms in total. The van der Waals surface area contributed by atoms with E-state index in [0.29, 0.717) is 48.0 Å². The van der Waals surface area contributed by atoms with Crippen LogP contribution in [0.3, 0.4) is 0 Å². The van der Waals surface area contributed by atoms with Gasteiger partial charge >= 0.3 is 12.1 Å². The van der Waals surface area contributed by atoms with Crippen LogP contribution in [0.25, 0.3) is 11.3 Å². The zero-order valence-corrected chi connectivity index (χ0v) is 68.8. The second-order valence-corrected chi connectivity index (χ2v) is 33.6. The van der Waals surface area contributed by atoms with Gasteiger partial charge in [-0.1, -0.05) is 116 Å². The number of likely N-dealkylation sites (N-methyl/N-ethyl adjacent to an activating group) is 3. The Labute approximate surface area is 651 Å². The lowest BCUT2D eigenvalue weighted by molar-refractivity contribution is -0.870. The van der Waals surface area contributed by atoms with E-state index in [2.05, 4.69) is 52.2 Å². The third-order valence-electron chi connectivity index (χ3n) is 19.6. The number of carbonyl (C=O) groups excluding carboxylic acids is 9. The van der Waals surface area contributed by atoms with Crippen LogP contribution in [-0.4, -0.2) is 254 Å². The standard InChI is InChI=1S/C74H117N16O19PS/c1-19-47(8)63(58(105-16)39-59(91)88-35-24-28-56(88)65(106-17)48(9)66(93)79-49(10)64(92)51-25-21-20-22-26-51)86(11)71(98)61(45(4)5)83-70(97)62(46(6)7)87(12)74(100)107-43-50-29-31-53(32-30-50)80-67(94)54(27-23-34-76-72(75)99)81-69(96)60(44(2)3)82-68(95)57(33-37-108-110(101,102)109-38-36-90(13,14)15)89-42-55(84-85-89)52-40-77-73(78-41-52)111(18,103)104/h20-22,25-26,29-32,40-42,44-49,54,56-58,60-65,92H,19,23-24,27-28,33-39,43H2,1-18H3,(H8-,75,76,79,80,81,82,83,93,94,95,96,97,99,101,102)/t47-,48+,49+,54-,56-,57-,58+,60-,61-,62-,63-,64+,65+/m0/s1. The minimum atomic E-state index is -4.89. The molecule has 4 aromatic rings. The van der Waals surface area contributed by atoms with Gasteiger partial charge in [0.1, 0.15) is 55.7 Å². The number of benzene rings is 2. The molecule has 0 saturated carbocycles. The average Bonchev–Trinajstić information content (AvgIpc) is 1.74. The summed E-state index contributed by atoms with van der Waals surface area (Å²) in [4.78, 5) is 151. The fourth-order valence-corrected chi connectivity index (χ4v) is 14.2. The van der Waals surface area contributed by atoms with Gasteiger partial charge in [0.2, 0.25) is 56.3 Å². The fraction of sp³-hybridized carbons (Fsp3) is 0.635. The van der Waals surface area contributed by atoms with E-state index in [1.54, 1.807) is 91.6 Å². The highest BCUT2D eigenvalue weighted by Crippen LogP contribution is 2.39. The molecule has 0 spiro atoms. The average molecular weight is 1600 g/mol. The van der Waals surface area contributed by atoms with Crippen LogP contribution in [0.15, 0.2) is 78.3 Å². The maximum absolute atomic E-state index is 14.9. The number of primary amides is 1. The summed E-state index contributed by atoms with van der Waals surface area (Å²) in [6.45, 7) is 17.3. The number of methoxy groups -OCH3 is 2. The minimum absolute atomic E-state index is 0.0184. The molecule has 1 aliphatic rings. The van der Waals surface area contributed by atoms with Gasteiger partial charge in [0.25, 0.3) is 7.82 Å². The van der Waals surface area contributed by atoms with Crippen molar-refractivity contribution in [3.8, 4) is 11.3 Å². The molecule has 618 valence electrons. The number of nitrogens with zero attached hydrogens (tertiary/aromatic N) is 9. The number of aromatic nitrogens is 5. The summed E-state index contributed by atoms with van der Waals surface area (Å²) in [5, 5.41) is 35.2. The molecule has 0 aliphatic carbocycles. The number of phosphoric ester groups is 1. The third-order valence-corrected chi connectivity index (χ3v) is 21.4. The van der Waals surface area contributed by atoms with Crippen LogP contribution in [0.2, 0.25) is 0 Å². The van der Waals surface area contributed by atoms with Crippen molar-refractivity contribution >= 4 is 76.8 Å². The van der Waals surface area contributed by atoms with Crippen molar-refractivity contribution in [1.29, 1.82) is 0 Å². The minimum Gasteiger partial charge on any atom is -0.756 e. The molecule has 10 amide bonds. The molecule has 5 rings (SSSR count). The summed E-state index contributed by atoms with van der Waals surface area (Å²) in [7, 11) is 2.88. The lowest BCUT2D eigenvalue weighted by atomic mass is 9.89. The number of quaternary nitrogens is 1. The predicted molar refractivity (Wildman–Crippen MR) is 409 cm³/mol. The Kier molecular flexibility index (Phi) is 35.9. The largest absolute Gasteiger partial charge is 0.756 e. The lowest BCUT2D eigenvalue weighted by Crippen LogP contribution is -2.60. The van der Waals surface area contributed by atoms with Crippen molar-refractivity contribution in [2.75, 3.05) is 93.9 Å². The number of nitrogens with two attached hydrogens (primary N) is 1. The van der Waals surface area contributed by atoms with Crippen molar-refractivity contribution in [3.05, 3.63) is 84.3 Å². The number of hydrogen-bond acceptors (Lipinski definition) is 23. The normalized spacial score (nSPS) is 17.1. The van der Waals surface area contributed by atoms with Crippen LogP contribution in [0.1, 0.15) is 137 Å². The van der Waals surface area contributed by atoms with Crippen LogP contribution in [0, 0.1) is 29.6 Å². The lowest BCUT2D eigenvalue weighted by Gasteiger charge is -2.41. The van der Waals surface area contributed by atoms with E-state index in [-0.39, 0.29) is 80.1 Å². The van der Waals surface area contributed by atoms with Gasteiger partial charge in [-0.05, 0) is 79.5 Å². The number of aliphatic hydroxyl groups excluding tert-OH is 1. The van der Waals surface area contributed by atoms with Gasteiger partial charge in [-0.2, -0.15) is 0 Å². The zero-order chi connectivity index (χ0) is 83.0. The highest BCUT2D eigenvalue weighted by Gasteiger charge is 2.44. The van der Waals surface area contributed by atoms with Crippen LogP contribution >= 0.6 is 7.82 Å². The summed E-state index contributed by atoms with van der Waals surface area (Å²) in [6.07, 6.45) is 2.73. The van der Waals surface area contributed by atoms with Crippen molar-refractivity contribution in [3.63, 3.8) is 0 Å². The molecule has 9 N–H and O–H groups in total. The molecule has 1 aliphatic heterocycles. The Morgan fingerprint density at radius 3 is 1.96 bits per heavy atom. The van der Waals surface area contributed by atoms with Gasteiger partial charge in [0, 0.05) is 77.7 Å². The second kappa shape index (κ2) is 42.9. The highest BCUT2D eigenvalue weighted by atomic mass is 32.2. The number of likely N-dealkylation sites (tertiary alicyclic amines) is 1. The number of urea groups is 1. The number of rotatable bonds is 44. The van der Waals surface area contributed by atoms with Gasteiger partial charge in [-0.15, -0.1) is 5.10 Å². The number of aliphatic hydroxyl groups is 1. The number of sulfone groups is 1. The third kappa shape index (κ3) is 27.9. The van der Waals surface area contributed by atoms with Crippen molar-refractivity contribution in [2.24, 2.45) is 35.3 Å². The van der Waals surface area contributed by atoms with Crippen LogP contribution < -0.4 is 42.5 Å². The highest BCUT2D eigenvalue weighted by molar-refractivity contribution is 7.90. The molecule has 1 unspecified atom stereocenters. The Bertz CT molecular complexity index is 3890. The SMILES string of the molecule is CC[C@H](C)[C@@H]([C@@H](CC(=O)N1CCC[C@H]1[C@H](OC)[C@@H](C)C(=O)N[C@H](C)[C@@H](O)c1ccccc1)OC)N(C)C(=O)[C@@H](NC(=O)[C@H](C(C)C)N(C)C(=O)OCc1ccc(NC(=O)[C@H](CCCNC(N)=O)NC(=O)[C@@H](NC(=O)[C@H](CCOP(=O)([O-])OCC[N+](C)(C)C)n2cc(-c3cnc(S(C)(=O)=O)nc3)nn2)C(C)C)cc1)C(C)C. The molecular weight excluding hydrogens is 1480 g/mol. The van der Waals surface area contributed by atoms with E-state index in [0.717, 1.165) is 15.8 Å². The number of anilines is 1. The summed E-state index contributed by atoms with van der Waals surface area (Å²) >= 11 is 0. The Morgan fingerprint density at radius 1 is 0.775 bits per heavy atom. The van der Waals surface area contributed by atoms with Crippen LogP contribution in [0.5, 0.6) is 0 Å². The smallest absolute Gasteiger partial charge is 0.410 e. The molecule has 2 aromatic carbocycles. The molecule has 1 saturated heterocycles. The van der Waals surface area contributed by atoms with Crippen LogP contribution in [0.4, 0.5) is 15.3 Å². The number of nitrogens with one attached hydrogen (secondary N) is 6. The number of phosphoric acid groups is 1.